The standard InChI is InChI=1S/C22H28N2O3S/c1-5-27-15-8-6-7-14(18(15)25)19-23-20(26)17-13-10-9-12(22(2,3)4)11-16(13)28-21(17)24-19/h6-8,12,19,24-25H,5,9-11H2,1-4H3,(H,23,26)/t12-,19-/m0/s1. The van der Waals surface area contributed by atoms with Gasteiger partial charge in [0, 0.05) is 10.4 Å². The largest absolute Gasteiger partial charge is 0.504 e. The molecule has 0 unspecified atom stereocenters. The average Bonchev–Trinajstić information content (AvgIpc) is 3.01. The van der Waals surface area contributed by atoms with Gasteiger partial charge >= 0.3 is 0 Å². The lowest BCUT2D eigenvalue weighted by Gasteiger charge is -2.34. The Kier molecular flexibility index (Phi) is 4.78. The van der Waals surface area contributed by atoms with Gasteiger partial charge < -0.3 is 20.5 Å². The summed E-state index contributed by atoms with van der Waals surface area (Å²) < 4.78 is 5.49. The molecule has 0 saturated carbocycles. The lowest BCUT2D eigenvalue weighted by molar-refractivity contribution is 0.0934. The highest BCUT2D eigenvalue weighted by Crippen LogP contribution is 2.46. The van der Waals surface area contributed by atoms with Crippen LogP contribution in [0.3, 0.4) is 0 Å². The Morgan fingerprint density at radius 2 is 2.07 bits per heavy atom. The molecule has 2 atom stereocenters. The van der Waals surface area contributed by atoms with Gasteiger partial charge in [-0.2, -0.15) is 0 Å². The molecule has 6 heteroatoms. The number of hydrogen-bond acceptors (Lipinski definition) is 5. The molecule has 1 aliphatic heterocycles. The minimum absolute atomic E-state index is 0.0633. The molecule has 5 nitrogen and oxygen atoms in total. The van der Waals surface area contributed by atoms with Gasteiger partial charge in [0.2, 0.25) is 0 Å². The highest BCUT2D eigenvalue weighted by Gasteiger charge is 2.37. The molecule has 2 aliphatic rings. The summed E-state index contributed by atoms with van der Waals surface area (Å²) in [6.45, 7) is 9.24. The molecule has 0 spiro atoms. The number of fused-ring (bicyclic) bond motifs is 3. The third kappa shape index (κ3) is 3.24. The second-order valence-corrected chi connectivity index (χ2v) is 9.80. The van der Waals surface area contributed by atoms with Crippen LogP contribution in [-0.2, 0) is 12.8 Å². The smallest absolute Gasteiger partial charge is 0.256 e. The van der Waals surface area contributed by atoms with E-state index in [0.29, 0.717) is 23.8 Å². The summed E-state index contributed by atoms with van der Waals surface area (Å²) in [6, 6.07) is 5.37. The van der Waals surface area contributed by atoms with E-state index >= 15 is 0 Å². The van der Waals surface area contributed by atoms with Crippen LogP contribution in [0.4, 0.5) is 5.00 Å². The van der Waals surface area contributed by atoms with E-state index in [4.69, 9.17) is 4.74 Å². The van der Waals surface area contributed by atoms with E-state index in [1.807, 2.05) is 19.1 Å². The van der Waals surface area contributed by atoms with E-state index in [9.17, 15) is 9.90 Å². The maximum Gasteiger partial charge on any atom is 0.256 e. The van der Waals surface area contributed by atoms with Crippen molar-refractivity contribution in [1.29, 1.82) is 0 Å². The third-order valence-corrected chi connectivity index (χ3v) is 7.09. The minimum atomic E-state index is -0.473. The normalized spacial score (nSPS) is 21.4. The minimum Gasteiger partial charge on any atom is -0.504 e. The van der Waals surface area contributed by atoms with Gasteiger partial charge in [-0.3, -0.25) is 4.79 Å². The summed E-state index contributed by atoms with van der Waals surface area (Å²) in [4.78, 5) is 14.3. The van der Waals surface area contributed by atoms with Crippen molar-refractivity contribution >= 4 is 22.2 Å². The maximum absolute atomic E-state index is 12.9. The van der Waals surface area contributed by atoms with Crippen molar-refractivity contribution in [3.8, 4) is 11.5 Å². The van der Waals surface area contributed by atoms with Crippen LogP contribution < -0.4 is 15.4 Å². The Bertz CT molecular complexity index is 913. The first kappa shape index (κ1) is 19.1. The van der Waals surface area contributed by atoms with Crippen molar-refractivity contribution in [1.82, 2.24) is 5.32 Å². The van der Waals surface area contributed by atoms with Crippen LogP contribution in [0.15, 0.2) is 18.2 Å². The van der Waals surface area contributed by atoms with Gasteiger partial charge in [0.15, 0.2) is 11.5 Å². The fraction of sp³-hybridized carbons (Fsp3) is 0.500. The molecule has 1 aliphatic carbocycles. The molecule has 0 fully saturated rings. The molecule has 2 aromatic rings. The van der Waals surface area contributed by atoms with Gasteiger partial charge in [0.1, 0.15) is 11.2 Å². The van der Waals surface area contributed by atoms with Crippen LogP contribution in [0.1, 0.15) is 66.6 Å². The number of carbonyl (C=O) groups is 1. The zero-order valence-electron chi connectivity index (χ0n) is 16.9. The summed E-state index contributed by atoms with van der Waals surface area (Å²) in [5, 5.41) is 17.9. The summed E-state index contributed by atoms with van der Waals surface area (Å²) in [7, 11) is 0. The van der Waals surface area contributed by atoms with Crippen LogP contribution in [0, 0.1) is 11.3 Å². The number of hydrogen-bond donors (Lipinski definition) is 3. The summed E-state index contributed by atoms with van der Waals surface area (Å²) in [5.74, 6) is 1.07. The van der Waals surface area contributed by atoms with Gasteiger partial charge in [0.25, 0.3) is 5.91 Å². The summed E-state index contributed by atoms with van der Waals surface area (Å²) in [6.07, 6.45) is 2.63. The zero-order valence-corrected chi connectivity index (χ0v) is 17.7. The molecule has 28 heavy (non-hydrogen) atoms. The highest BCUT2D eigenvalue weighted by molar-refractivity contribution is 7.16. The fourth-order valence-corrected chi connectivity index (χ4v) is 5.59. The Labute approximate surface area is 170 Å². The summed E-state index contributed by atoms with van der Waals surface area (Å²) >= 11 is 1.70. The topological polar surface area (TPSA) is 70.6 Å². The third-order valence-electron chi connectivity index (χ3n) is 5.91. The molecular weight excluding hydrogens is 372 g/mol. The van der Waals surface area contributed by atoms with Crippen LogP contribution in [0.2, 0.25) is 0 Å². The molecule has 0 bridgehead atoms. The molecule has 2 heterocycles. The maximum atomic E-state index is 12.9. The van der Waals surface area contributed by atoms with Gasteiger partial charge in [-0.25, -0.2) is 0 Å². The van der Waals surface area contributed by atoms with Crippen molar-refractivity contribution in [3.05, 3.63) is 39.8 Å². The van der Waals surface area contributed by atoms with E-state index < -0.39 is 6.17 Å². The van der Waals surface area contributed by atoms with Crippen molar-refractivity contribution < 1.29 is 14.6 Å². The molecule has 1 aromatic carbocycles. The fourth-order valence-electron chi connectivity index (χ4n) is 4.24. The Hall–Kier alpha value is -2.21. The highest BCUT2D eigenvalue weighted by atomic mass is 32.1. The second kappa shape index (κ2) is 6.99. The first-order valence-corrected chi connectivity index (χ1v) is 10.8. The number of para-hydroxylation sites is 1. The van der Waals surface area contributed by atoms with Gasteiger partial charge in [0.05, 0.1) is 12.2 Å². The first-order valence-electron chi connectivity index (χ1n) is 9.96. The number of carbonyl (C=O) groups excluding carboxylic acids is 1. The van der Waals surface area contributed by atoms with Gasteiger partial charge in [-0.05, 0) is 49.1 Å². The number of thiophene rings is 1. The lowest BCUT2D eigenvalue weighted by atomic mass is 9.72. The van der Waals surface area contributed by atoms with Crippen LogP contribution in [0.5, 0.6) is 11.5 Å². The molecule has 150 valence electrons. The number of amides is 1. The number of rotatable bonds is 3. The van der Waals surface area contributed by atoms with Crippen LogP contribution in [0.25, 0.3) is 0 Å². The number of phenols is 1. The number of nitrogens with one attached hydrogen (secondary N) is 2. The number of phenolic OH excluding ortho intramolecular Hbond substituents is 1. The summed E-state index contributed by atoms with van der Waals surface area (Å²) in [5.41, 5.74) is 2.88. The molecular formula is C22H28N2O3S. The molecule has 1 amide bonds. The quantitative estimate of drug-likeness (QED) is 0.688. The molecule has 3 N–H and O–H groups in total. The molecule has 4 rings (SSSR count). The van der Waals surface area contributed by atoms with E-state index in [-0.39, 0.29) is 17.1 Å². The lowest BCUT2D eigenvalue weighted by Crippen LogP contribution is -2.38. The van der Waals surface area contributed by atoms with Crippen LogP contribution in [-0.4, -0.2) is 17.6 Å². The van der Waals surface area contributed by atoms with E-state index in [0.717, 1.165) is 29.8 Å². The Morgan fingerprint density at radius 1 is 1.29 bits per heavy atom. The Balaban J connectivity index is 1.65. The molecule has 0 saturated heterocycles. The van der Waals surface area contributed by atoms with E-state index in [1.165, 1.54) is 10.4 Å². The number of anilines is 1. The monoisotopic (exact) mass is 400 g/mol. The predicted octanol–water partition coefficient (Wildman–Crippen LogP) is 4.86. The average molecular weight is 401 g/mol. The van der Waals surface area contributed by atoms with Crippen molar-refractivity contribution in [3.63, 3.8) is 0 Å². The first-order chi connectivity index (χ1) is 13.3. The van der Waals surface area contributed by atoms with Crippen molar-refractivity contribution in [2.75, 3.05) is 11.9 Å². The Morgan fingerprint density at radius 3 is 2.79 bits per heavy atom. The van der Waals surface area contributed by atoms with Crippen molar-refractivity contribution in [2.24, 2.45) is 11.3 Å². The van der Waals surface area contributed by atoms with Gasteiger partial charge in [-0.1, -0.05) is 32.9 Å². The van der Waals surface area contributed by atoms with E-state index in [1.54, 1.807) is 17.4 Å². The van der Waals surface area contributed by atoms with E-state index in [2.05, 4.69) is 31.4 Å². The van der Waals surface area contributed by atoms with Gasteiger partial charge in [-0.15, -0.1) is 11.3 Å². The second-order valence-electron chi connectivity index (χ2n) is 8.69. The SMILES string of the molecule is CCOc1cccc([C@H]2NC(=O)c3c(sc4c3CC[C@H](C(C)(C)C)C4)N2)c1O. The number of aromatic hydroxyl groups is 1. The zero-order chi connectivity index (χ0) is 20.1. The van der Waals surface area contributed by atoms with Crippen LogP contribution >= 0.6 is 11.3 Å². The molecule has 0 radical (unpaired) electrons. The number of ether oxygens (including phenoxy) is 1. The van der Waals surface area contributed by atoms with Crippen molar-refractivity contribution in [2.45, 2.75) is 53.1 Å². The molecule has 1 aromatic heterocycles. The predicted molar refractivity (Wildman–Crippen MR) is 112 cm³/mol. The number of benzene rings is 1.